The second kappa shape index (κ2) is 7.26. The molecule has 1 fully saturated rings. The molecule has 0 unspecified atom stereocenters. The second-order valence-corrected chi connectivity index (χ2v) is 7.64. The molecule has 1 aliphatic rings. The number of aromatic amines is 1. The molecule has 132 valence electrons. The Bertz CT molecular complexity index is 950. The Morgan fingerprint density at radius 1 is 1.35 bits per heavy atom. The molecule has 2 aromatic heterocycles. The van der Waals surface area contributed by atoms with E-state index < -0.39 is 0 Å². The number of anilines is 1. The zero-order valence-corrected chi connectivity index (χ0v) is 15.1. The highest BCUT2D eigenvalue weighted by Crippen LogP contribution is 2.33. The SMILES string of the molecule is N#Cc1ccc2nc(N(Cc3cnc[nH]3)C(=O)C3CCCCC3)sc2c1. The molecule has 1 amide bonds. The van der Waals surface area contributed by atoms with Crippen LogP contribution in [0.1, 0.15) is 43.4 Å². The first-order valence-corrected chi connectivity index (χ1v) is 9.65. The van der Waals surface area contributed by atoms with Gasteiger partial charge in [-0.05, 0) is 31.0 Å². The number of amides is 1. The zero-order chi connectivity index (χ0) is 17.9. The number of carbonyl (C=O) groups is 1. The maximum Gasteiger partial charge on any atom is 0.232 e. The summed E-state index contributed by atoms with van der Waals surface area (Å²) in [6, 6.07) is 7.58. The fourth-order valence-electron chi connectivity index (χ4n) is 3.45. The van der Waals surface area contributed by atoms with Crippen LogP contribution in [0.15, 0.2) is 30.7 Å². The summed E-state index contributed by atoms with van der Waals surface area (Å²) in [5.74, 6) is 0.201. The largest absolute Gasteiger partial charge is 0.347 e. The average molecular weight is 365 g/mol. The van der Waals surface area contributed by atoms with Gasteiger partial charge in [-0.2, -0.15) is 5.26 Å². The molecule has 0 spiro atoms. The van der Waals surface area contributed by atoms with Gasteiger partial charge in [-0.3, -0.25) is 9.69 Å². The van der Waals surface area contributed by atoms with E-state index in [1.165, 1.54) is 17.8 Å². The molecule has 0 aliphatic heterocycles. The topological polar surface area (TPSA) is 85.7 Å². The van der Waals surface area contributed by atoms with Crippen molar-refractivity contribution in [1.82, 2.24) is 15.0 Å². The molecule has 0 saturated heterocycles. The van der Waals surface area contributed by atoms with Crippen LogP contribution in [0.4, 0.5) is 5.13 Å². The highest BCUT2D eigenvalue weighted by molar-refractivity contribution is 7.22. The third-order valence-corrected chi connectivity index (χ3v) is 5.88. The van der Waals surface area contributed by atoms with Crippen LogP contribution in [0.5, 0.6) is 0 Å². The minimum atomic E-state index is 0.0633. The molecule has 3 aromatic rings. The summed E-state index contributed by atoms with van der Waals surface area (Å²) in [5, 5.41) is 9.78. The molecule has 6 nitrogen and oxygen atoms in total. The summed E-state index contributed by atoms with van der Waals surface area (Å²) in [6.45, 7) is 0.431. The van der Waals surface area contributed by atoms with Crippen molar-refractivity contribution in [2.45, 2.75) is 38.6 Å². The highest BCUT2D eigenvalue weighted by atomic mass is 32.1. The van der Waals surface area contributed by atoms with Crippen molar-refractivity contribution in [3.8, 4) is 6.07 Å². The van der Waals surface area contributed by atoms with Crippen LogP contribution in [-0.4, -0.2) is 20.9 Å². The van der Waals surface area contributed by atoms with Crippen molar-refractivity contribution >= 4 is 32.6 Å². The van der Waals surface area contributed by atoms with Crippen LogP contribution in [0.3, 0.4) is 0 Å². The van der Waals surface area contributed by atoms with Crippen molar-refractivity contribution in [2.75, 3.05) is 4.90 Å². The molecule has 4 rings (SSSR count). The van der Waals surface area contributed by atoms with Crippen LogP contribution in [0.2, 0.25) is 0 Å². The monoisotopic (exact) mass is 365 g/mol. The zero-order valence-electron chi connectivity index (χ0n) is 14.3. The Morgan fingerprint density at radius 2 is 2.19 bits per heavy atom. The number of carbonyl (C=O) groups excluding carboxylic acids is 1. The summed E-state index contributed by atoms with van der Waals surface area (Å²) < 4.78 is 0.921. The lowest BCUT2D eigenvalue weighted by Crippen LogP contribution is -2.36. The fourth-order valence-corrected chi connectivity index (χ4v) is 4.46. The van der Waals surface area contributed by atoms with Gasteiger partial charge in [0.1, 0.15) is 0 Å². The first-order valence-electron chi connectivity index (χ1n) is 8.84. The molecule has 0 atom stereocenters. The summed E-state index contributed by atoms with van der Waals surface area (Å²) in [7, 11) is 0. The Hall–Kier alpha value is -2.72. The van der Waals surface area contributed by atoms with Crippen molar-refractivity contribution in [2.24, 2.45) is 5.92 Å². The minimum absolute atomic E-state index is 0.0633. The smallest absolute Gasteiger partial charge is 0.232 e. The van der Waals surface area contributed by atoms with E-state index in [4.69, 9.17) is 5.26 Å². The Labute approximate surface area is 155 Å². The van der Waals surface area contributed by atoms with Crippen molar-refractivity contribution in [3.63, 3.8) is 0 Å². The number of nitrogens with zero attached hydrogens (tertiary/aromatic N) is 4. The summed E-state index contributed by atoms with van der Waals surface area (Å²) in [4.78, 5) is 26.8. The minimum Gasteiger partial charge on any atom is -0.347 e. The van der Waals surface area contributed by atoms with E-state index in [0.29, 0.717) is 17.2 Å². The lowest BCUT2D eigenvalue weighted by atomic mass is 9.88. The number of aromatic nitrogens is 3. The van der Waals surface area contributed by atoms with Gasteiger partial charge in [-0.1, -0.05) is 30.6 Å². The number of hydrogen-bond acceptors (Lipinski definition) is 5. The quantitative estimate of drug-likeness (QED) is 0.757. The molecule has 26 heavy (non-hydrogen) atoms. The number of rotatable bonds is 4. The molecule has 2 heterocycles. The standard InChI is InChI=1S/C19H19N5OS/c20-9-13-6-7-16-17(8-13)26-19(23-16)24(11-15-10-21-12-22-15)18(25)14-4-2-1-3-5-14/h6-8,10,12,14H,1-5,11H2,(H,21,22). The van der Waals surface area contributed by atoms with Crippen LogP contribution in [0, 0.1) is 17.2 Å². The van der Waals surface area contributed by atoms with Gasteiger partial charge in [0, 0.05) is 12.1 Å². The van der Waals surface area contributed by atoms with Gasteiger partial charge in [0.2, 0.25) is 5.91 Å². The molecular weight excluding hydrogens is 346 g/mol. The number of imidazole rings is 1. The van der Waals surface area contributed by atoms with E-state index in [-0.39, 0.29) is 11.8 Å². The van der Waals surface area contributed by atoms with Crippen LogP contribution < -0.4 is 4.90 Å². The van der Waals surface area contributed by atoms with Gasteiger partial charge < -0.3 is 4.98 Å². The Morgan fingerprint density at radius 3 is 2.92 bits per heavy atom. The molecule has 1 N–H and O–H groups in total. The summed E-state index contributed by atoms with van der Waals surface area (Å²) in [5.41, 5.74) is 2.30. The van der Waals surface area contributed by atoms with Gasteiger partial charge in [0.25, 0.3) is 0 Å². The predicted octanol–water partition coefficient (Wildman–Crippen LogP) is 4.00. The Balaban J connectivity index is 1.69. The first-order chi connectivity index (χ1) is 12.7. The number of nitrogens with one attached hydrogen (secondary N) is 1. The van der Waals surface area contributed by atoms with Gasteiger partial charge in [0.05, 0.1) is 40.4 Å². The number of fused-ring (bicyclic) bond motifs is 1. The molecular formula is C19H19N5OS. The van der Waals surface area contributed by atoms with E-state index in [2.05, 4.69) is 21.0 Å². The van der Waals surface area contributed by atoms with Crippen LogP contribution in [-0.2, 0) is 11.3 Å². The molecule has 7 heteroatoms. The maximum atomic E-state index is 13.2. The van der Waals surface area contributed by atoms with Gasteiger partial charge in [-0.15, -0.1) is 0 Å². The summed E-state index contributed by atoms with van der Waals surface area (Å²) in [6.07, 6.45) is 8.68. The third-order valence-electron chi connectivity index (χ3n) is 4.84. The number of thiazole rings is 1. The Kier molecular flexibility index (Phi) is 4.67. The van der Waals surface area contributed by atoms with E-state index >= 15 is 0 Å². The van der Waals surface area contributed by atoms with E-state index in [1.54, 1.807) is 23.5 Å². The first kappa shape index (κ1) is 16.7. The highest BCUT2D eigenvalue weighted by Gasteiger charge is 2.29. The van der Waals surface area contributed by atoms with E-state index in [9.17, 15) is 4.79 Å². The van der Waals surface area contributed by atoms with Crippen molar-refractivity contribution < 1.29 is 4.79 Å². The third kappa shape index (κ3) is 3.33. The lowest BCUT2D eigenvalue weighted by Gasteiger charge is -2.27. The van der Waals surface area contributed by atoms with Gasteiger partial charge >= 0.3 is 0 Å². The fraction of sp³-hybridized carbons (Fsp3) is 0.368. The van der Waals surface area contributed by atoms with Gasteiger partial charge in [0.15, 0.2) is 5.13 Å². The number of hydrogen-bond donors (Lipinski definition) is 1. The molecule has 0 bridgehead atoms. The van der Waals surface area contributed by atoms with Gasteiger partial charge in [-0.25, -0.2) is 9.97 Å². The molecule has 1 aliphatic carbocycles. The maximum absolute atomic E-state index is 13.2. The van der Waals surface area contributed by atoms with E-state index in [1.807, 2.05) is 12.1 Å². The predicted molar refractivity (Wildman–Crippen MR) is 101 cm³/mol. The van der Waals surface area contributed by atoms with Crippen LogP contribution >= 0.6 is 11.3 Å². The second-order valence-electron chi connectivity index (χ2n) is 6.63. The van der Waals surface area contributed by atoms with Crippen molar-refractivity contribution in [1.29, 1.82) is 5.26 Å². The molecule has 1 aromatic carbocycles. The normalized spacial score (nSPS) is 15.0. The number of H-pyrrole nitrogens is 1. The van der Waals surface area contributed by atoms with Crippen LogP contribution in [0.25, 0.3) is 10.2 Å². The number of benzene rings is 1. The average Bonchev–Trinajstić information content (AvgIpc) is 3.34. The van der Waals surface area contributed by atoms with E-state index in [0.717, 1.165) is 41.6 Å². The summed E-state index contributed by atoms with van der Waals surface area (Å²) >= 11 is 1.46. The molecule has 0 radical (unpaired) electrons. The van der Waals surface area contributed by atoms with Crippen molar-refractivity contribution in [3.05, 3.63) is 42.0 Å². The molecule has 1 saturated carbocycles. The number of nitriles is 1. The lowest BCUT2D eigenvalue weighted by molar-refractivity contribution is -0.123.